The number of hydrogen-bond donors (Lipinski definition) is 0. The maximum absolute atomic E-state index is 16.2. The Labute approximate surface area is 157 Å². The van der Waals surface area contributed by atoms with Crippen LogP contribution < -0.4 is 0 Å². The average molecular weight is 399 g/mol. The van der Waals surface area contributed by atoms with E-state index in [0.29, 0.717) is 10.6 Å². The van der Waals surface area contributed by atoms with Crippen molar-refractivity contribution in [1.29, 1.82) is 0 Å². The Balaban J connectivity index is 2.54. The van der Waals surface area contributed by atoms with Gasteiger partial charge >= 0.3 is 7.60 Å². The zero-order valence-electron chi connectivity index (χ0n) is 14.7. The average Bonchev–Trinajstić information content (AvgIpc) is 2.63. The molecule has 1 atom stereocenters. The van der Waals surface area contributed by atoms with Gasteiger partial charge < -0.3 is 9.05 Å². The van der Waals surface area contributed by atoms with Crippen LogP contribution in [0.15, 0.2) is 54.6 Å². The van der Waals surface area contributed by atoms with E-state index in [1.54, 1.807) is 44.2 Å². The minimum absolute atomic E-state index is 0.0486. The number of halogens is 2. The highest BCUT2D eigenvalue weighted by Gasteiger charge is 2.58. The highest BCUT2D eigenvalue weighted by molar-refractivity contribution is 7.56. The van der Waals surface area contributed by atoms with Crippen LogP contribution in [-0.4, -0.2) is 24.4 Å². The van der Waals surface area contributed by atoms with Crippen molar-refractivity contribution in [3.8, 4) is 0 Å². The van der Waals surface area contributed by atoms with Gasteiger partial charge in [0.2, 0.25) is 5.78 Å². The summed E-state index contributed by atoms with van der Waals surface area (Å²) in [6, 6.07) is 14.3. The molecule has 0 aliphatic rings. The van der Waals surface area contributed by atoms with Gasteiger partial charge in [-0.25, -0.2) is 4.39 Å². The fourth-order valence-electron chi connectivity index (χ4n) is 2.57. The predicted molar refractivity (Wildman–Crippen MR) is 101 cm³/mol. The molecule has 0 aromatic heterocycles. The Bertz CT molecular complexity index is 772. The van der Waals surface area contributed by atoms with E-state index < -0.39 is 25.2 Å². The molecule has 0 N–H and O–H groups in total. The van der Waals surface area contributed by atoms with Gasteiger partial charge in [0.05, 0.1) is 13.2 Å². The zero-order valence-corrected chi connectivity index (χ0v) is 16.3. The molecule has 0 saturated heterocycles. The fourth-order valence-corrected chi connectivity index (χ4v) is 4.62. The molecule has 2 aromatic carbocycles. The van der Waals surface area contributed by atoms with E-state index >= 15 is 4.39 Å². The van der Waals surface area contributed by atoms with Crippen LogP contribution in [0.2, 0.25) is 5.02 Å². The van der Waals surface area contributed by atoms with E-state index in [-0.39, 0.29) is 18.8 Å². The maximum atomic E-state index is 16.2. The van der Waals surface area contributed by atoms with Crippen molar-refractivity contribution in [3.05, 3.63) is 70.7 Å². The highest BCUT2D eigenvalue weighted by atomic mass is 35.5. The first-order chi connectivity index (χ1) is 12.4. The summed E-state index contributed by atoms with van der Waals surface area (Å²) in [6.07, 6.45) is -0.424. The topological polar surface area (TPSA) is 52.6 Å². The molecular formula is C19H21ClFO4P. The molecule has 0 spiro atoms. The first-order valence-corrected chi connectivity index (χ1v) is 10.2. The lowest BCUT2D eigenvalue weighted by molar-refractivity contribution is 0.0738. The monoisotopic (exact) mass is 398 g/mol. The molecule has 0 aliphatic carbocycles. The Kier molecular flexibility index (Phi) is 7.13. The molecule has 0 aliphatic heterocycles. The SMILES string of the molecule is CCOP(=O)(OCC)C(F)(Cc1ccccc1)C(=O)c1ccc(Cl)cc1. The fraction of sp³-hybridized carbons (Fsp3) is 0.316. The molecule has 4 nitrogen and oxygen atoms in total. The lowest BCUT2D eigenvalue weighted by atomic mass is 10.0. The van der Waals surface area contributed by atoms with E-state index in [0.717, 1.165) is 0 Å². The van der Waals surface area contributed by atoms with Gasteiger partial charge in [0, 0.05) is 17.0 Å². The van der Waals surface area contributed by atoms with Crippen LogP contribution in [0, 0.1) is 0 Å². The standard InChI is InChI=1S/C19H21ClFO4P/c1-3-24-26(23,25-4-2)19(21,14-15-8-6-5-7-9-15)18(22)16-10-12-17(20)13-11-16/h5-13H,3-4,14H2,1-2H3. The molecule has 0 fully saturated rings. The third-order valence-corrected chi connectivity index (χ3v) is 6.45. The minimum atomic E-state index is -4.39. The molecule has 7 heteroatoms. The van der Waals surface area contributed by atoms with Crippen molar-refractivity contribution < 1.29 is 22.8 Å². The van der Waals surface area contributed by atoms with Gasteiger partial charge in [-0.2, -0.15) is 0 Å². The predicted octanol–water partition coefficient (Wildman–Crippen LogP) is 5.70. The number of carbonyl (C=O) groups excluding carboxylic acids is 1. The van der Waals surface area contributed by atoms with E-state index in [2.05, 4.69) is 0 Å². The summed E-state index contributed by atoms with van der Waals surface area (Å²) in [6.45, 7) is 3.04. The molecule has 26 heavy (non-hydrogen) atoms. The molecule has 0 radical (unpaired) electrons. The third-order valence-electron chi connectivity index (χ3n) is 3.77. The van der Waals surface area contributed by atoms with Crippen LogP contribution in [0.1, 0.15) is 29.8 Å². The van der Waals surface area contributed by atoms with E-state index in [1.807, 2.05) is 0 Å². The molecule has 140 valence electrons. The van der Waals surface area contributed by atoms with Crippen LogP contribution in [0.5, 0.6) is 0 Å². The summed E-state index contributed by atoms with van der Waals surface area (Å²) in [5, 5.41) is -2.44. The van der Waals surface area contributed by atoms with Crippen molar-refractivity contribution in [1.82, 2.24) is 0 Å². The van der Waals surface area contributed by atoms with Gasteiger partial charge in [0.15, 0.2) is 0 Å². The molecule has 2 rings (SSSR count). The maximum Gasteiger partial charge on any atom is 0.376 e. The van der Waals surface area contributed by atoms with E-state index in [4.69, 9.17) is 20.6 Å². The lowest BCUT2D eigenvalue weighted by Gasteiger charge is -2.31. The largest absolute Gasteiger partial charge is 0.376 e. The van der Waals surface area contributed by atoms with Crippen molar-refractivity contribution in [2.24, 2.45) is 0 Å². The smallest absolute Gasteiger partial charge is 0.306 e. The lowest BCUT2D eigenvalue weighted by Crippen LogP contribution is -2.38. The summed E-state index contributed by atoms with van der Waals surface area (Å²) in [5.74, 6) is -0.955. The first-order valence-electron chi connectivity index (χ1n) is 8.28. The Morgan fingerprint density at radius 1 is 1.04 bits per heavy atom. The van der Waals surface area contributed by atoms with E-state index in [9.17, 15) is 9.36 Å². The molecule has 0 bridgehead atoms. The zero-order chi connectivity index (χ0) is 19.2. The number of rotatable bonds is 9. The molecule has 2 aromatic rings. The Morgan fingerprint density at radius 2 is 1.58 bits per heavy atom. The van der Waals surface area contributed by atoms with Crippen LogP contribution >= 0.6 is 19.2 Å². The summed E-state index contributed by atoms with van der Waals surface area (Å²) in [7, 11) is -4.39. The molecule has 1 unspecified atom stereocenters. The number of Topliss-reactive ketones (excluding diaryl/α,β-unsaturated/α-hetero) is 1. The Morgan fingerprint density at radius 3 is 2.08 bits per heavy atom. The first kappa shape index (κ1) is 20.8. The normalized spacial score (nSPS) is 14.0. The summed E-state index contributed by atoms with van der Waals surface area (Å²) in [4.78, 5) is 13.0. The van der Waals surface area contributed by atoms with Gasteiger partial charge in [-0.15, -0.1) is 0 Å². The van der Waals surface area contributed by atoms with Crippen LogP contribution in [0.4, 0.5) is 4.39 Å². The van der Waals surface area contributed by atoms with E-state index in [1.165, 1.54) is 24.3 Å². The third kappa shape index (κ3) is 4.41. The van der Waals surface area contributed by atoms with Gasteiger partial charge in [0.1, 0.15) is 0 Å². The van der Waals surface area contributed by atoms with Crippen LogP contribution in [0.3, 0.4) is 0 Å². The summed E-state index contributed by atoms with van der Waals surface area (Å²) >= 11 is 5.84. The Hall–Kier alpha value is -1.52. The number of ketones is 1. The van der Waals surface area contributed by atoms with Gasteiger partial charge in [-0.3, -0.25) is 9.36 Å². The molecule has 0 saturated carbocycles. The van der Waals surface area contributed by atoms with Gasteiger partial charge in [-0.1, -0.05) is 41.9 Å². The quantitative estimate of drug-likeness (QED) is 0.401. The summed E-state index contributed by atoms with van der Waals surface area (Å²) in [5.41, 5.74) is 0.560. The molecule has 0 amide bonds. The van der Waals surface area contributed by atoms with Crippen molar-refractivity contribution in [2.45, 2.75) is 25.7 Å². The molecule has 0 heterocycles. The minimum Gasteiger partial charge on any atom is -0.306 e. The second kappa shape index (κ2) is 8.92. The molecular weight excluding hydrogens is 378 g/mol. The van der Waals surface area contributed by atoms with Crippen molar-refractivity contribution in [3.63, 3.8) is 0 Å². The summed E-state index contributed by atoms with van der Waals surface area (Å²) < 4.78 is 39.8. The van der Waals surface area contributed by atoms with Crippen molar-refractivity contribution >= 4 is 25.0 Å². The highest BCUT2D eigenvalue weighted by Crippen LogP contribution is 2.63. The van der Waals surface area contributed by atoms with Crippen LogP contribution in [0.25, 0.3) is 0 Å². The van der Waals surface area contributed by atoms with Crippen molar-refractivity contribution in [2.75, 3.05) is 13.2 Å². The van der Waals surface area contributed by atoms with Gasteiger partial charge in [-0.05, 0) is 43.7 Å². The number of alkyl halides is 1. The number of hydrogen-bond acceptors (Lipinski definition) is 4. The van der Waals surface area contributed by atoms with Gasteiger partial charge in [0.25, 0.3) is 5.41 Å². The second-order valence-electron chi connectivity index (χ2n) is 5.59. The number of benzene rings is 2. The van der Waals surface area contributed by atoms with Crippen LogP contribution in [-0.2, 0) is 20.0 Å². The number of carbonyl (C=O) groups is 1. The second-order valence-corrected chi connectivity index (χ2v) is 8.25.